The minimum Gasteiger partial charge on any atom is -0.312 e. The molecule has 1 fully saturated rings. The van der Waals surface area contributed by atoms with Crippen LogP contribution in [0.15, 0.2) is 47.4 Å². The summed E-state index contributed by atoms with van der Waals surface area (Å²) in [7, 11) is -3.83. The van der Waals surface area contributed by atoms with Gasteiger partial charge in [0.2, 0.25) is 5.91 Å². The van der Waals surface area contributed by atoms with Crippen LogP contribution in [0.5, 0.6) is 0 Å². The number of halogens is 1. The van der Waals surface area contributed by atoms with E-state index in [2.05, 4.69) is 4.72 Å². The number of rotatable bonds is 4. The fourth-order valence-corrected chi connectivity index (χ4v) is 3.90. The highest BCUT2D eigenvalue weighted by Crippen LogP contribution is 2.28. The summed E-state index contributed by atoms with van der Waals surface area (Å²) in [4.78, 5) is 13.6. The zero-order valence-electron chi connectivity index (χ0n) is 13.1. The Balaban J connectivity index is 1.89. The minimum atomic E-state index is -3.83. The van der Waals surface area contributed by atoms with Gasteiger partial charge in [0, 0.05) is 18.7 Å². The van der Waals surface area contributed by atoms with E-state index in [1.54, 1.807) is 17.9 Å². The summed E-state index contributed by atoms with van der Waals surface area (Å²) in [6.45, 7) is 2.41. The summed E-state index contributed by atoms with van der Waals surface area (Å²) in [5.41, 5.74) is 1.58. The molecule has 7 heteroatoms. The molecule has 0 aromatic heterocycles. The lowest BCUT2D eigenvalue weighted by atomic mass is 10.2. The molecule has 2 aromatic carbocycles. The number of amides is 1. The molecule has 0 atom stereocenters. The lowest BCUT2D eigenvalue weighted by molar-refractivity contribution is -0.117. The first kappa shape index (κ1) is 16.4. The quantitative estimate of drug-likeness (QED) is 0.923. The molecule has 1 saturated heterocycles. The monoisotopic (exact) mass is 348 g/mol. The first-order valence-corrected chi connectivity index (χ1v) is 9.04. The third-order valence-electron chi connectivity index (χ3n) is 3.92. The van der Waals surface area contributed by atoms with Crippen LogP contribution in [0.4, 0.5) is 15.8 Å². The summed E-state index contributed by atoms with van der Waals surface area (Å²) in [5, 5.41) is 0. The smallest absolute Gasteiger partial charge is 0.261 e. The van der Waals surface area contributed by atoms with Gasteiger partial charge in [-0.15, -0.1) is 0 Å². The Hall–Kier alpha value is -2.41. The molecule has 0 radical (unpaired) electrons. The van der Waals surface area contributed by atoms with Crippen LogP contribution in [-0.4, -0.2) is 20.9 Å². The van der Waals surface area contributed by atoms with Gasteiger partial charge >= 0.3 is 0 Å². The summed E-state index contributed by atoms with van der Waals surface area (Å²) >= 11 is 0. The second-order valence-electron chi connectivity index (χ2n) is 5.71. The number of benzene rings is 2. The molecule has 0 aliphatic carbocycles. The van der Waals surface area contributed by atoms with Crippen LogP contribution in [-0.2, 0) is 14.8 Å². The molecule has 5 nitrogen and oxygen atoms in total. The van der Waals surface area contributed by atoms with Crippen molar-refractivity contribution in [3.8, 4) is 0 Å². The normalized spacial score (nSPS) is 14.9. The van der Waals surface area contributed by atoms with Crippen LogP contribution in [0.1, 0.15) is 18.4 Å². The summed E-state index contributed by atoms with van der Waals surface area (Å²) in [6, 6.07) is 9.87. The molecule has 0 unspecified atom stereocenters. The third-order valence-corrected chi connectivity index (χ3v) is 5.30. The molecule has 0 bridgehead atoms. The van der Waals surface area contributed by atoms with E-state index in [4.69, 9.17) is 0 Å². The Kier molecular flexibility index (Phi) is 4.28. The number of aryl methyl sites for hydroxylation is 1. The van der Waals surface area contributed by atoms with Crippen LogP contribution >= 0.6 is 0 Å². The number of sulfonamides is 1. The van der Waals surface area contributed by atoms with Gasteiger partial charge in [0.25, 0.3) is 10.0 Å². The van der Waals surface area contributed by atoms with Crippen molar-refractivity contribution in [1.82, 2.24) is 0 Å². The Morgan fingerprint density at radius 2 is 1.96 bits per heavy atom. The average molecular weight is 348 g/mol. The maximum Gasteiger partial charge on any atom is 0.261 e. The molecular formula is C17H17FN2O3S. The van der Waals surface area contributed by atoms with Gasteiger partial charge in [0.1, 0.15) is 5.82 Å². The molecule has 0 saturated carbocycles. The molecular weight excluding hydrogens is 331 g/mol. The van der Waals surface area contributed by atoms with E-state index < -0.39 is 15.8 Å². The average Bonchev–Trinajstić information content (AvgIpc) is 2.92. The lowest BCUT2D eigenvalue weighted by Crippen LogP contribution is -2.24. The third kappa shape index (κ3) is 3.26. The van der Waals surface area contributed by atoms with Crippen molar-refractivity contribution >= 4 is 27.3 Å². The predicted octanol–water partition coefficient (Wildman–Crippen LogP) is 3.06. The van der Waals surface area contributed by atoms with Crippen LogP contribution in [0, 0.1) is 12.7 Å². The van der Waals surface area contributed by atoms with Gasteiger partial charge in [-0.1, -0.05) is 6.07 Å². The van der Waals surface area contributed by atoms with Gasteiger partial charge in [-0.05, 0) is 55.3 Å². The van der Waals surface area contributed by atoms with E-state index in [1.807, 2.05) is 0 Å². The lowest BCUT2D eigenvalue weighted by Gasteiger charge is -2.19. The summed E-state index contributed by atoms with van der Waals surface area (Å²) in [5.74, 6) is -0.471. The van der Waals surface area contributed by atoms with Crippen LogP contribution < -0.4 is 9.62 Å². The number of nitrogens with zero attached hydrogens (tertiary/aromatic N) is 1. The Morgan fingerprint density at radius 1 is 1.17 bits per heavy atom. The number of hydrogen-bond acceptors (Lipinski definition) is 3. The zero-order valence-corrected chi connectivity index (χ0v) is 13.9. The molecule has 1 aliphatic rings. The topological polar surface area (TPSA) is 66.5 Å². The van der Waals surface area contributed by atoms with Crippen molar-refractivity contribution in [3.63, 3.8) is 0 Å². The van der Waals surface area contributed by atoms with Gasteiger partial charge in [-0.3, -0.25) is 9.52 Å². The number of anilines is 2. The predicted molar refractivity (Wildman–Crippen MR) is 90.0 cm³/mol. The largest absolute Gasteiger partial charge is 0.312 e. The highest BCUT2D eigenvalue weighted by atomic mass is 32.2. The zero-order chi connectivity index (χ0) is 17.3. The molecule has 1 amide bonds. The van der Waals surface area contributed by atoms with Crippen molar-refractivity contribution < 1.29 is 17.6 Å². The van der Waals surface area contributed by atoms with Gasteiger partial charge in [-0.2, -0.15) is 0 Å². The second kappa shape index (κ2) is 6.24. The van der Waals surface area contributed by atoms with Gasteiger partial charge in [0.05, 0.1) is 10.6 Å². The first-order valence-electron chi connectivity index (χ1n) is 7.56. The SMILES string of the molecule is Cc1cc(S(=O)(=O)Nc2cccc(F)c2)ccc1N1CCCC1=O. The van der Waals surface area contributed by atoms with Gasteiger partial charge in [-0.25, -0.2) is 12.8 Å². The number of nitrogens with one attached hydrogen (secondary N) is 1. The molecule has 1 aliphatic heterocycles. The highest BCUT2D eigenvalue weighted by molar-refractivity contribution is 7.92. The fourth-order valence-electron chi connectivity index (χ4n) is 2.77. The Bertz CT molecular complexity index is 896. The molecule has 2 aromatic rings. The maximum atomic E-state index is 13.2. The summed E-state index contributed by atoms with van der Waals surface area (Å²) < 4.78 is 40.4. The van der Waals surface area contributed by atoms with Crippen LogP contribution in [0.25, 0.3) is 0 Å². The van der Waals surface area contributed by atoms with E-state index in [0.717, 1.165) is 18.2 Å². The molecule has 126 valence electrons. The molecule has 24 heavy (non-hydrogen) atoms. The van der Waals surface area contributed by atoms with Gasteiger partial charge in [0.15, 0.2) is 0 Å². The number of carbonyl (C=O) groups excluding carboxylic acids is 1. The first-order chi connectivity index (χ1) is 11.4. The van der Waals surface area contributed by atoms with Gasteiger partial charge < -0.3 is 4.90 Å². The number of carbonyl (C=O) groups is 1. The van der Waals surface area contributed by atoms with Crippen molar-refractivity contribution in [2.24, 2.45) is 0 Å². The van der Waals surface area contributed by atoms with E-state index in [0.29, 0.717) is 18.5 Å². The molecule has 0 spiro atoms. The fraction of sp³-hybridized carbons (Fsp3) is 0.235. The molecule has 1 N–H and O–H groups in total. The van der Waals surface area contributed by atoms with Crippen LogP contribution in [0.2, 0.25) is 0 Å². The van der Waals surface area contributed by atoms with Crippen molar-refractivity contribution in [2.45, 2.75) is 24.7 Å². The molecule has 3 rings (SSSR count). The van der Waals surface area contributed by atoms with Crippen molar-refractivity contribution in [1.29, 1.82) is 0 Å². The number of hydrogen-bond donors (Lipinski definition) is 1. The maximum absolute atomic E-state index is 13.2. The van der Waals surface area contributed by atoms with Crippen molar-refractivity contribution in [2.75, 3.05) is 16.2 Å². The van der Waals surface area contributed by atoms with E-state index in [9.17, 15) is 17.6 Å². The Morgan fingerprint density at radius 3 is 2.58 bits per heavy atom. The minimum absolute atomic E-state index is 0.0478. The summed E-state index contributed by atoms with van der Waals surface area (Å²) in [6.07, 6.45) is 1.32. The second-order valence-corrected chi connectivity index (χ2v) is 7.40. The van der Waals surface area contributed by atoms with E-state index in [1.165, 1.54) is 30.3 Å². The highest BCUT2D eigenvalue weighted by Gasteiger charge is 2.24. The Labute approximate surface area is 140 Å². The standard InChI is InChI=1S/C17H17FN2O3S/c1-12-10-15(7-8-16(12)20-9-3-6-17(20)21)24(22,23)19-14-5-2-4-13(18)11-14/h2,4-5,7-8,10-11,19H,3,6,9H2,1H3. The van der Waals surface area contributed by atoms with E-state index in [-0.39, 0.29) is 16.5 Å². The van der Waals surface area contributed by atoms with Crippen molar-refractivity contribution in [3.05, 3.63) is 53.8 Å². The molecule has 1 heterocycles. The van der Waals surface area contributed by atoms with E-state index >= 15 is 0 Å². The van der Waals surface area contributed by atoms with Crippen LogP contribution in [0.3, 0.4) is 0 Å².